The van der Waals surface area contributed by atoms with Gasteiger partial charge in [0.25, 0.3) is 0 Å². The van der Waals surface area contributed by atoms with Crippen molar-refractivity contribution in [3.8, 4) is 5.75 Å². The van der Waals surface area contributed by atoms with Gasteiger partial charge in [-0.05, 0) is 17.5 Å². The zero-order valence-corrected chi connectivity index (χ0v) is 7.93. The molecule has 0 saturated carbocycles. The summed E-state index contributed by atoms with van der Waals surface area (Å²) in [6.45, 7) is 1.48. The van der Waals surface area contributed by atoms with Gasteiger partial charge < -0.3 is 9.90 Å². The molecule has 1 N–H and O–H groups in total. The lowest BCUT2D eigenvalue weighted by Crippen LogP contribution is -2.02. The molecule has 0 fully saturated rings. The fourth-order valence-electron chi connectivity index (χ4n) is 1.24. The van der Waals surface area contributed by atoms with Crippen molar-refractivity contribution in [2.45, 2.75) is 19.3 Å². The smallest absolute Gasteiger partial charge is 0.203 e. The van der Waals surface area contributed by atoms with Gasteiger partial charge in [0, 0.05) is 6.42 Å². The predicted octanol–water partition coefficient (Wildman–Crippen LogP) is 2.50. The second-order valence-electron chi connectivity index (χ2n) is 3.23. The van der Waals surface area contributed by atoms with Crippen molar-refractivity contribution in [2.24, 2.45) is 0 Å². The number of benzene rings is 1. The third-order valence-corrected chi connectivity index (χ3v) is 2.14. The highest BCUT2D eigenvalue weighted by atomic mass is 19.2. The summed E-state index contributed by atoms with van der Waals surface area (Å²) in [5, 5.41) is 8.91. The van der Waals surface area contributed by atoms with E-state index >= 15 is 0 Å². The zero-order valence-electron chi connectivity index (χ0n) is 7.93. The number of phenolic OH excluding ortho intramolecular Hbond substituents is 1. The van der Waals surface area contributed by atoms with Gasteiger partial charge in [-0.3, -0.25) is 0 Å². The van der Waals surface area contributed by atoms with E-state index in [1.165, 1.54) is 6.92 Å². The van der Waals surface area contributed by atoms with Gasteiger partial charge in [0.1, 0.15) is 6.29 Å². The predicted molar refractivity (Wildman–Crippen MR) is 47.1 cm³/mol. The van der Waals surface area contributed by atoms with Crippen molar-refractivity contribution in [1.29, 1.82) is 0 Å². The van der Waals surface area contributed by atoms with Gasteiger partial charge >= 0.3 is 0 Å². The lowest BCUT2D eigenvalue weighted by Gasteiger charge is -2.11. The summed E-state index contributed by atoms with van der Waals surface area (Å²) in [5.74, 6) is -6.12. The lowest BCUT2D eigenvalue weighted by molar-refractivity contribution is -0.108. The third-order valence-electron chi connectivity index (χ3n) is 2.14. The first-order valence-electron chi connectivity index (χ1n) is 4.29. The number of halogens is 3. The van der Waals surface area contributed by atoms with Crippen molar-refractivity contribution >= 4 is 6.29 Å². The Morgan fingerprint density at radius 2 is 2.00 bits per heavy atom. The van der Waals surface area contributed by atoms with E-state index in [0.717, 1.165) is 0 Å². The number of phenols is 1. The quantitative estimate of drug-likeness (QED) is 0.625. The van der Waals surface area contributed by atoms with E-state index in [1.807, 2.05) is 0 Å². The summed E-state index contributed by atoms with van der Waals surface area (Å²) in [4.78, 5) is 10.2. The Labute approximate surface area is 84.3 Å². The maximum atomic E-state index is 13.2. The molecule has 0 bridgehead atoms. The number of aromatic hydroxyl groups is 1. The number of rotatable bonds is 3. The van der Waals surface area contributed by atoms with Crippen LogP contribution in [0.1, 0.15) is 24.8 Å². The molecule has 0 amide bonds. The summed E-state index contributed by atoms with van der Waals surface area (Å²) in [6.07, 6.45) is 0.518. The van der Waals surface area contributed by atoms with Crippen LogP contribution < -0.4 is 0 Å². The van der Waals surface area contributed by atoms with Gasteiger partial charge in [0.15, 0.2) is 17.4 Å². The molecule has 1 atom stereocenters. The van der Waals surface area contributed by atoms with Crippen molar-refractivity contribution in [3.63, 3.8) is 0 Å². The van der Waals surface area contributed by atoms with E-state index < -0.39 is 29.1 Å². The second-order valence-corrected chi connectivity index (χ2v) is 3.23. The highest BCUT2D eigenvalue weighted by molar-refractivity contribution is 5.52. The average molecular weight is 218 g/mol. The minimum absolute atomic E-state index is 0.0264. The molecule has 0 spiro atoms. The molecule has 5 heteroatoms. The van der Waals surface area contributed by atoms with Crippen molar-refractivity contribution in [1.82, 2.24) is 0 Å². The van der Waals surface area contributed by atoms with Crippen LogP contribution in [-0.4, -0.2) is 11.4 Å². The fraction of sp³-hybridized carbons (Fsp3) is 0.300. The molecule has 0 aliphatic carbocycles. The van der Waals surface area contributed by atoms with Gasteiger partial charge in [-0.1, -0.05) is 6.92 Å². The largest absolute Gasteiger partial charge is 0.503 e. The van der Waals surface area contributed by atoms with E-state index in [-0.39, 0.29) is 12.0 Å². The number of carbonyl (C=O) groups is 1. The van der Waals surface area contributed by atoms with E-state index in [9.17, 15) is 18.0 Å². The van der Waals surface area contributed by atoms with Gasteiger partial charge in [0.05, 0.1) is 0 Å². The zero-order chi connectivity index (χ0) is 11.6. The van der Waals surface area contributed by atoms with Crippen LogP contribution in [0.25, 0.3) is 0 Å². The molecule has 1 aromatic rings. The highest BCUT2D eigenvalue weighted by Gasteiger charge is 2.21. The Bertz CT molecular complexity index is 391. The summed E-state index contributed by atoms with van der Waals surface area (Å²) < 4.78 is 38.8. The molecule has 0 aliphatic heterocycles. The fourth-order valence-corrected chi connectivity index (χ4v) is 1.24. The molecule has 2 nitrogen and oxygen atoms in total. The Morgan fingerprint density at radius 1 is 1.40 bits per heavy atom. The van der Waals surface area contributed by atoms with E-state index in [2.05, 4.69) is 0 Å². The topological polar surface area (TPSA) is 37.3 Å². The van der Waals surface area contributed by atoms with Crippen LogP contribution in [0.3, 0.4) is 0 Å². The normalized spacial score (nSPS) is 12.5. The monoisotopic (exact) mass is 218 g/mol. The molecule has 0 aliphatic rings. The van der Waals surface area contributed by atoms with Crippen LogP contribution in [0.5, 0.6) is 5.75 Å². The molecule has 0 saturated heterocycles. The first kappa shape index (κ1) is 11.6. The van der Waals surface area contributed by atoms with E-state index in [0.29, 0.717) is 12.4 Å². The summed E-state index contributed by atoms with van der Waals surface area (Å²) in [5.41, 5.74) is -0.210. The lowest BCUT2D eigenvalue weighted by atomic mass is 9.97. The van der Waals surface area contributed by atoms with Crippen LogP contribution in [0.4, 0.5) is 13.2 Å². The Hall–Kier alpha value is -1.52. The Morgan fingerprint density at radius 3 is 2.53 bits per heavy atom. The number of aldehydes is 1. The van der Waals surface area contributed by atoms with E-state index in [1.54, 1.807) is 0 Å². The van der Waals surface area contributed by atoms with Crippen LogP contribution in [-0.2, 0) is 4.79 Å². The van der Waals surface area contributed by atoms with Gasteiger partial charge in [-0.25, -0.2) is 8.78 Å². The van der Waals surface area contributed by atoms with Crippen molar-refractivity contribution in [3.05, 3.63) is 29.1 Å². The van der Waals surface area contributed by atoms with Gasteiger partial charge in [0.2, 0.25) is 5.82 Å². The van der Waals surface area contributed by atoms with Crippen molar-refractivity contribution < 1.29 is 23.1 Å². The van der Waals surface area contributed by atoms with E-state index in [4.69, 9.17) is 5.11 Å². The summed E-state index contributed by atoms with van der Waals surface area (Å²) >= 11 is 0. The molecule has 0 radical (unpaired) electrons. The molecule has 82 valence electrons. The standard InChI is InChI=1S/C10H9F3O2/c1-5(2-3-14)6-4-7(11)9(13)10(15)8(6)12/h3-5,15H,2H2,1H3. The molecule has 0 heterocycles. The molecule has 0 aromatic heterocycles. The first-order valence-corrected chi connectivity index (χ1v) is 4.29. The first-order chi connectivity index (χ1) is 6.99. The van der Waals surface area contributed by atoms with Crippen LogP contribution in [0, 0.1) is 17.5 Å². The van der Waals surface area contributed by atoms with Crippen LogP contribution >= 0.6 is 0 Å². The SMILES string of the molecule is CC(CC=O)c1cc(F)c(F)c(O)c1F. The minimum Gasteiger partial charge on any atom is -0.503 e. The molecular weight excluding hydrogens is 209 g/mol. The van der Waals surface area contributed by atoms with Gasteiger partial charge in [-0.15, -0.1) is 0 Å². The molecule has 1 rings (SSSR count). The van der Waals surface area contributed by atoms with Crippen LogP contribution in [0.2, 0.25) is 0 Å². The molecule has 1 unspecified atom stereocenters. The summed E-state index contributed by atoms with van der Waals surface area (Å²) in [7, 11) is 0. The van der Waals surface area contributed by atoms with Gasteiger partial charge in [-0.2, -0.15) is 4.39 Å². The summed E-state index contributed by atoms with van der Waals surface area (Å²) in [6, 6.07) is 0.651. The number of carbonyl (C=O) groups excluding carboxylic acids is 1. The Balaban J connectivity index is 3.25. The Kier molecular flexibility index (Phi) is 3.34. The van der Waals surface area contributed by atoms with Crippen molar-refractivity contribution in [2.75, 3.05) is 0 Å². The highest BCUT2D eigenvalue weighted by Crippen LogP contribution is 2.31. The average Bonchev–Trinajstić information content (AvgIpc) is 2.20. The number of hydrogen-bond acceptors (Lipinski definition) is 2. The van der Waals surface area contributed by atoms with Crippen LogP contribution in [0.15, 0.2) is 6.07 Å². The third kappa shape index (κ3) is 2.11. The number of hydrogen-bond donors (Lipinski definition) is 1. The molecule has 15 heavy (non-hydrogen) atoms. The minimum atomic E-state index is -1.62. The maximum Gasteiger partial charge on any atom is 0.203 e. The maximum absolute atomic E-state index is 13.2. The molecular formula is C10H9F3O2. The second kappa shape index (κ2) is 4.33. The molecule has 1 aromatic carbocycles.